The van der Waals surface area contributed by atoms with Crippen LogP contribution in [0, 0.1) is 0 Å². The van der Waals surface area contributed by atoms with Gasteiger partial charge in [-0.2, -0.15) is 0 Å². The molecule has 1 amide bonds. The van der Waals surface area contributed by atoms with Crippen molar-refractivity contribution >= 4 is 33.5 Å². The van der Waals surface area contributed by atoms with Crippen LogP contribution in [0.5, 0.6) is 11.5 Å². The standard InChI is InChI=1S/C21H18BrNO5/c1-26-17-7-6-12(8-18(17)27-2)15-10-19(24)23(14-5-3-4-13(22)9-14)16-11-28-21(25)20(15)16/h3-9,15H,10-11H2,1-2H3/t15-/m1/s1. The monoisotopic (exact) mass is 443 g/mol. The second-order valence-corrected chi connectivity index (χ2v) is 7.43. The summed E-state index contributed by atoms with van der Waals surface area (Å²) in [6, 6.07) is 12.9. The van der Waals surface area contributed by atoms with Crippen molar-refractivity contribution in [3.63, 3.8) is 0 Å². The Labute approximate surface area is 170 Å². The molecule has 0 unspecified atom stereocenters. The van der Waals surface area contributed by atoms with Crippen molar-refractivity contribution in [2.24, 2.45) is 0 Å². The van der Waals surface area contributed by atoms with Crippen molar-refractivity contribution in [3.8, 4) is 11.5 Å². The van der Waals surface area contributed by atoms with E-state index in [4.69, 9.17) is 14.2 Å². The molecule has 2 aliphatic heterocycles. The third kappa shape index (κ3) is 3.05. The molecule has 0 N–H and O–H groups in total. The van der Waals surface area contributed by atoms with Crippen LogP contribution in [0.3, 0.4) is 0 Å². The van der Waals surface area contributed by atoms with Gasteiger partial charge in [0.1, 0.15) is 6.61 Å². The summed E-state index contributed by atoms with van der Waals surface area (Å²) >= 11 is 3.43. The molecule has 28 heavy (non-hydrogen) atoms. The Kier molecular flexibility index (Phi) is 4.85. The van der Waals surface area contributed by atoms with Gasteiger partial charge in [0.15, 0.2) is 11.5 Å². The number of anilines is 1. The average Bonchev–Trinajstić information content (AvgIpc) is 3.08. The summed E-state index contributed by atoms with van der Waals surface area (Å²) in [4.78, 5) is 27.2. The quantitative estimate of drug-likeness (QED) is 0.672. The summed E-state index contributed by atoms with van der Waals surface area (Å²) in [6.07, 6.45) is 0.163. The normalized spacial score (nSPS) is 18.8. The van der Waals surface area contributed by atoms with Crippen molar-refractivity contribution in [3.05, 3.63) is 63.8 Å². The van der Waals surface area contributed by atoms with Gasteiger partial charge in [-0.05, 0) is 35.9 Å². The number of cyclic esters (lactones) is 1. The number of carbonyl (C=O) groups excluding carboxylic acids is 2. The van der Waals surface area contributed by atoms with Crippen LogP contribution in [0.15, 0.2) is 58.2 Å². The third-order valence-electron chi connectivity index (χ3n) is 4.99. The number of benzene rings is 2. The molecule has 0 bridgehead atoms. The van der Waals surface area contributed by atoms with Crippen LogP contribution < -0.4 is 14.4 Å². The summed E-state index contributed by atoms with van der Waals surface area (Å²) in [7, 11) is 3.11. The van der Waals surface area contributed by atoms with E-state index in [-0.39, 0.29) is 30.8 Å². The molecule has 0 radical (unpaired) electrons. The summed E-state index contributed by atoms with van der Waals surface area (Å²) < 4.78 is 16.8. The Morgan fingerprint density at radius 3 is 2.57 bits per heavy atom. The van der Waals surface area contributed by atoms with Crippen LogP contribution in [-0.4, -0.2) is 32.7 Å². The molecule has 4 rings (SSSR count). The number of hydrogen-bond donors (Lipinski definition) is 0. The summed E-state index contributed by atoms with van der Waals surface area (Å²) in [5.74, 6) is 0.278. The van der Waals surface area contributed by atoms with Crippen molar-refractivity contribution in [2.75, 3.05) is 25.7 Å². The number of esters is 1. The Bertz CT molecular complexity index is 1000. The van der Waals surface area contributed by atoms with Gasteiger partial charge in [0.25, 0.3) is 0 Å². The predicted octanol–water partition coefficient (Wildman–Crippen LogP) is 3.80. The fourth-order valence-corrected chi connectivity index (χ4v) is 4.11. The van der Waals surface area contributed by atoms with Gasteiger partial charge in [0.05, 0.1) is 25.5 Å². The lowest BCUT2D eigenvalue weighted by atomic mass is 9.84. The molecule has 2 heterocycles. The molecule has 0 spiro atoms. The van der Waals surface area contributed by atoms with Crippen LogP contribution in [0.2, 0.25) is 0 Å². The lowest BCUT2D eigenvalue weighted by Gasteiger charge is -2.32. The number of nitrogens with zero attached hydrogens (tertiary/aromatic N) is 1. The summed E-state index contributed by atoms with van der Waals surface area (Å²) in [5, 5.41) is 0. The molecule has 2 aliphatic rings. The van der Waals surface area contributed by atoms with E-state index in [2.05, 4.69) is 15.9 Å². The molecule has 7 heteroatoms. The zero-order chi connectivity index (χ0) is 19.8. The van der Waals surface area contributed by atoms with E-state index in [0.717, 1.165) is 10.0 Å². The van der Waals surface area contributed by atoms with Crippen molar-refractivity contribution in [1.82, 2.24) is 0 Å². The highest BCUT2D eigenvalue weighted by molar-refractivity contribution is 9.10. The second-order valence-electron chi connectivity index (χ2n) is 6.52. The number of methoxy groups -OCH3 is 2. The minimum Gasteiger partial charge on any atom is -0.493 e. The number of ether oxygens (including phenoxy) is 3. The largest absolute Gasteiger partial charge is 0.493 e. The van der Waals surface area contributed by atoms with Gasteiger partial charge in [-0.3, -0.25) is 9.69 Å². The molecule has 0 saturated carbocycles. The smallest absolute Gasteiger partial charge is 0.336 e. The summed E-state index contributed by atoms with van der Waals surface area (Å²) in [5.41, 5.74) is 2.63. The maximum absolute atomic E-state index is 13.1. The molecule has 2 aromatic rings. The molecule has 2 aromatic carbocycles. The molecule has 0 fully saturated rings. The Morgan fingerprint density at radius 2 is 1.86 bits per heavy atom. The van der Waals surface area contributed by atoms with Crippen LogP contribution in [0.4, 0.5) is 5.69 Å². The van der Waals surface area contributed by atoms with Gasteiger partial charge in [-0.25, -0.2) is 4.79 Å². The molecule has 0 aliphatic carbocycles. The highest BCUT2D eigenvalue weighted by Crippen LogP contribution is 2.43. The Balaban J connectivity index is 1.81. The van der Waals surface area contributed by atoms with E-state index in [1.807, 2.05) is 36.4 Å². The van der Waals surface area contributed by atoms with Gasteiger partial charge < -0.3 is 14.2 Å². The van der Waals surface area contributed by atoms with Gasteiger partial charge in [0.2, 0.25) is 5.91 Å². The first-order valence-corrected chi connectivity index (χ1v) is 9.53. The second kappa shape index (κ2) is 7.31. The summed E-state index contributed by atoms with van der Waals surface area (Å²) in [6.45, 7) is 0.0796. The highest BCUT2D eigenvalue weighted by atomic mass is 79.9. The van der Waals surface area contributed by atoms with E-state index in [0.29, 0.717) is 28.5 Å². The van der Waals surface area contributed by atoms with Crippen LogP contribution in [0.1, 0.15) is 17.9 Å². The Morgan fingerprint density at radius 1 is 1.07 bits per heavy atom. The molecular weight excluding hydrogens is 426 g/mol. The maximum atomic E-state index is 13.1. The number of amides is 1. The fraction of sp³-hybridized carbons (Fsp3) is 0.238. The van der Waals surface area contributed by atoms with Crippen molar-refractivity contribution in [1.29, 1.82) is 0 Å². The minimum absolute atomic E-state index is 0.0796. The van der Waals surface area contributed by atoms with Crippen molar-refractivity contribution in [2.45, 2.75) is 12.3 Å². The van der Waals surface area contributed by atoms with Gasteiger partial charge in [-0.15, -0.1) is 0 Å². The SMILES string of the molecule is COc1ccc([C@H]2CC(=O)N(c3cccc(Br)c3)C3=C2C(=O)OC3)cc1OC. The average molecular weight is 444 g/mol. The first-order chi connectivity index (χ1) is 13.5. The topological polar surface area (TPSA) is 65.1 Å². The van der Waals surface area contributed by atoms with E-state index in [1.54, 1.807) is 25.2 Å². The van der Waals surface area contributed by atoms with Crippen LogP contribution in [-0.2, 0) is 14.3 Å². The predicted molar refractivity (Wildman–Crippen MR) is 107 cm³/mol. The first kappa shape index (κ1) is 18.6. The number of rotatable bonds is 4. The Hall–Kier alpha value is -2.80. The highest BCUT2D eigenvalue weighted by Gasteiger charge is 2.43. The van der Waals surface area contributed by atoms with E-state index < -0.39 is 0 Å². The number of carbonyl (C=O) groups is 2. The van der Waals surface area contributed by atoms with E-state index >= 15 is 0 Å². The lowest BCUT2D eigenvalue weighted by molar-refractivity contribution is -0.136. The van der Waals surface area contributed by atoms with Gasteiger partial charge in [0, 0.05) is 22.5 Å². The van der Waals surface area contributed by atoms with E-state index in [1.165, 1.54) is 0 Å². The minimum atomic E-state index is -0.388. The van der Waals surface area contributed by atoms with Crippen LogP contribution in [0.25, 0.3) is 0 Å². The number of halogens is 1. The molecule has 1 atom stereocenters. The molecule has 6 nitrogen and oxygen atoms in total. The van der Waals surface area contributed by atoms with E-state index in [9.17, 15) is 9.59 Å². The fourth-order valence-electron chi connectivity index (χ4n) is 3.72. The first-order valence-electron chi connectivity index (χ1n) is 8.74. The lowest BCUT2D eigenvalue weighted by Crippen LogP contribution is -2.37. The third-order valence-corrected chi connectivity index (χ3v) is 5.49. The zero-order valence-corrected chi connectivity index (χ0v) is 17.0. The van der Waals surface area contributed by atoms with Gasteiger partial charge in [-0.1, -0.05) is 28.1 Å². The molecule has 144 valence electrons. The van der Waals surface area contributed by atoms with Crippen molar-refractivity contribution < 1.29 is 23.8 Å². The van der Waals surface area contributed by atoms with Crippen LogP contribution >= 0.6 is 15.9 Å². The zero-order valence-electron chi connectivity index (χ0n) is 15.4. The molecular formula is C21H18BrNO5. The number of hydrogen-bond acceptors (Lipinski definition) is 5. The molecule has 0 aromatic heterocycles. The molecule has 0 saturated heterocycles. The van der Waals surface area contributed by atoms with Gasteiger partial charge >= 0.3 is 5.97 Å². The maximum Gasteiger partial charge on any atom is 0.336 e.